The Morgan fingerprint density at radius 3 is 2.62 bits per heavy atom. The number of carbonyl (C=O) groups excluding carboxylic acids is 2. The second-order valence-electron chi connectivity index (χ2n) is 4.37. The third-order valence-electron chi connectivity index (χ3n) is 2.79. The van der Waals surface area contributed by atoms with E-state index in [1.54, 1.807) is 6.92 Å². The molecule has 7 heteroatoms. The molecule has 0 aliphatic heterocycles. The van der Waals surface area contributed by atoms with Gasteiger partial charge in [0.25, 0.3) is 5.91 Å². The van der Waals surface area contributed by atoms with Crippen LogP contribution in [0.5, 0.6) is 11.5 Å². The molecular weight excluding hydrogens is 276 g/mol. The minimum atomic E-state index is -0.696. The molecule has 1 atom stereocenters. The van der Waals surface area contributed by atoms with Gasteiger partial charge < -0.3 is 25.2 Å². The van der Waals surface area contributed by atoms with Gasteiger partial charge >= 0.3 is 0 Å². The molecule has 1 rings (SSSR count). The molecule has 0 aliphatic rings. The van der Waals surface area contributed by atoms with Gasteiger partial charge in [-0.3, -0.25) is 9.59 Å². The van der Waals surface area contributed by atoms with Gasteiger partial charge in [0.05, 0.1) is 13.7 Å². The van der Waals surface area contributed by atoms with Crippen molar-refractivity contribution in [1.82, 2.24) is 10.6 Å². The molecule has 1 aromatic rings. The standard InChI is InChI=1S/C14H20N2O5/c1-9(13(18)15-6-7-20-2)16-14(19)10-4-5-12(21-3)11(17)8-10/h4-5,8-9,17H,6-7H2,1-3H3,(H,15,18)(H,16,19). The summed E-state index contributed by atoms with van der Waals surface area (Å²) in [5.74, 6) is -0.625. The number of methoxy groups -OCH3 is 2. The molecule has 1 unspecified atom stereocenters. The maximum Gasteiger partial charge on any atom is 0.252 e. The average molecular weight is 296 g/mol. The molecule has 0 radical (unpaired) electrons. The van der Waals surface area contributed by atoms with Crippen molar-refractivity contribution in [3.63, 3.8) is 0 Å². The lowest BCUT2D eigenvalue weighted by Gasteiger charge is -2.14. The zero-order valence-corrected chi connectivity index (χ0v) is 12.3. The Morgan fingerprint density at radius 1 is 1.33 bits per heavy atom. The number of nitrogens with one attached hydrogen (secondary N) is 2. The van der Waals surface area contributed by atoms with Crippen molar-refractivity contribution in [2.75, 3.05) is 27.4 Å². The predicted molar refractivity (Wildman–Crippen MR) is 76.5 cm³/mol. The van der Waals surface area contributed by atoms with E-state index in [9.17, 15) is 14.7 Å². The summed E-state index contributed by atoms with van der Waals surface area (Å²) >= 11 is 0. The van der Waals surface area contributed by atoms with E-state index in [1.165, 1.54) is 32.4 Å². The molecule has 0 bridgehead atoms. The number of amides is 2. The first-order valence-corrected chi connectivity index (χ1v) is 6.44. The summed E-state index contributed by atoms with van der Waals surface area (Å²) in [6.07, 6.45) is 0. The van der Waals surface area contributed by atoms with E-state index < -0.39 is 11.9 Å². The van der Waals surface area contributed by atoms with Gasteiger partial charge in [-0.2, -0.15) is 0 Å². The largest absolute Gasteiger partial charge is 0.504 e. The Balaban J connectivity index is 2.59. The molecule has 3 N–H and O–H groups in total. The second-order valence-corrected chi connectivity index (χ2v) is 4.37. The Kier molecular flexibility index (Phi) is 6.48. The first-order chi connectivity index (χ1) is 9.99. The van der Waals surface area contributed by atoms with Gasteiger partial charge in [-0.25, -0.2) is 0 Å². The van der Waals surface area contributed by atoms with Gasteiger partial charge in [0.1, 0.15) is 6.04 Å². The van der Waals surface area contributed by atoms with Crippen molar-refractivity contribution in [2.24, 2.45) is 0 Å². The Labute approximate surface area is 123 Å². The van der Waals surface area contributed by atoms with Crippen molar-refractivity contribution in [3.8, 4) is 11.5 Å². The third-order valence-corrected chi connectivity index (χ3v) is 2.79. The van der Waals surface area contributed by atoms with E-state index in [4.69, 9.17) is 9.47 Å². The predicted octanol–water partition coefficient (Wildman–Crippen LogP) is 0.282. The van der Waals surface area contributed by atoms with Crippen molar-refractivity contribution < 1.29 is 24.2 Å². The fourth-order valence-corrected chi connectivity index (χ4v) is 1.61. The summed E-state index contributed by atoms with van der Waals surface area (Å²) in [4.78, 5) is 23.7. The fourth-order valence-electron chi connectivity index (χ4n) is 1.61. The maximum absolute atomic E-state index is 12.0. The highest BCUT2D eigenvalue weighted by atomic mass is 16.5. The molecule has 1 aromatic carbocycles. The quantitative estimate of drug-likeness (QED) is 0.628. The zero-order valence-electron chi connectivity index (χ0n) is 12.3. The van der Waals surface area contributed by atoms with Gasteiger partial charge in [-0.1, -0.05) is 0 Å². The van der Waals surface area contributed by atoms with Crippen LogP contribution in [0.2, 0.25) is 0 Å². The third kappa shape index (κ3) is 4.96. The van der Waals surface area contributed by atoms with Crippen molar-refractivity contribution in [1.29, 1.82) is 0 Å². The van der Waals surface area contributed by atoms with Crippen LogP contribution in [-0.2, 0) is 9.53 Å². The molecule has 0 spiro atoms. The number of carbonyl (C=O) groups is 2. The molecule has 0 fully saturated rings. The minimum absolute atomic E-state index is 0.137. The normalized spacial score (nSPS) is 11.6. The van der Waals surface area contributed by atoms with E-state index in [1.807, 2.05) is 0 Å². The molecule has 116 valence electrons. The van der Waals surface area contributed by atoms with Crippen LogP contribution in [0.4, 0.5) is 0 Å². The van der Waals surface area contributed by atoms with Crippen LogP contribution in [-0.4, -0.2) is 50.3 Å². The first kappa shape index (κ1) is 16.8. The van der Waals surface area contributed by atoms with Crippen LogP contribution in [0.1, 0.15) is 17.3 Å². The lowest BCUT2D eigenvalue weighted by Crippen LogP contribution is -2.45. The van der Waals surface area contributed by atoms with Crippen LogP contribution in [0.25, 0.3) is 0 Å². The minimum Gasteiger partial charge on any atom is -0.504 e. The number of phenolic OH excluding ortho intramolecular Hbond substituents is 1. The SMILES string of the molecule is COCCNC(=O)C(C)NC(=O)c1ccc(OC)c(O)c1. The Morgan fingerprint density at radius 2 is 2.05 bits per heavy atom. The molecule has 0 saturated heterocycles. The van der Waals surface area contributed by atoms with Crippen LogP contribution >= 0.6 is 0 Å². The highest BCUT2D eigenvalue weighted by Gasteiger charge is 2.17. The van der Waals surface area contributed by atoms with Gasteiger partial charge in [-0.15, -0.1) is 0 Å². The first-order valence-electron chi connectivity index (χ1n) is 6.44. The number of hydrogen-bond acceptors (Lipinski definition) is 5. The van der Waals surface area contributed by atoms with E-state index in [-0.39, 0.29) is 23.0 Å². The molecule has 0 saturated carbocycles. The zero-order chi connectivity index (χ0) is 15.8. The Bertz CT molecular complexity index is 504. The lowest BCUT2D eigenvalue weighted by atomic mass is 10.1. The highest BCUT2D eigenvalue weighted by molar-refractivity contribution is 5.97. The Hall–Kier alpha value is -2.28. The summed E-state index contributed by atoms with van der Waals surface area (Å²) in [7, 11) is 2.95. The van der Waals surface area contributed by atoms with Crippen LogP contribution < -0.4 is 15.4 Å². The number of phenols is 1. The van der Waals surface area contributed by atoms with Gasteiger partial charge in [-0.05, 0) is 25.1 Å². The van der Waals surface area contributed by atoms with Crippen LogP contribution in [0.15, 0.2) is 18.2 Å². The van der Waals surface area contributed by atoms with E-state index >= 15 is 0 Å². The molecule has 2 amide bonds. The molecule has 0 aliphatic carbocycles. The number of aromatic hydroxyl groups is 1. The average Bonchev–Trinajstić information content (AvgIpc) is 2.47. The van der Waals surface area contributed by atoms with Crippen molar-refractivity contribution >= 4 is 11.8 Å². The summed E-state index contributed by atoms with van der Waals surface area (Å²) in [5.41, 5.74) is 0.241. The summed E-state index contributed by atoms with van der Waals surface area (Å²) in [6, 6.07) is 3.57. The summed E-state index contributed by atoms with van der Waals surface area (Å²) in [6.45, 7) is 2.35. The van der Waals surface area contributed by atoms with Gasteiger partial charge in [0.15, 0.2) is 11.5 Å². The van der Waals surface area contributed by atoms with Crippen LogP contribution in [0, 0.1) is 0 Å². The fraction of sp³-hybridized carbons (Fsp3) is 0.429. The van der Waals surface area contributed by atoms with E-state index in [0.29, 0.717) is 13.2 Å². The molecular formula is C14H20N2O5. The number of benzene rings is 1. The molecule has 21 heavy (non-hydrogen) atoms. The molecule has 0 aromatic heterocycles. The van der Waals surface area contributed by atoms with Crippen LogP contribution in [0.3, 0.4) is 0 Å². The molecule has 7 nitrogen and oxygen atoms in total. The number of ether oxygens (including phenoxy) is 2. The number of rotatable bonds is 7. The van der Waals surface area contributed by atoms with Crippen molar-refractivity contribution in [2.45, 2.75) is 13.0 Å². The van der Waals surface area contributed by atoms with Gasteiger partial charge in [0, 0.05) is 19.2 Å². The highest BCUT2D eigenvalue weighted by Crippen LogP contribution is 2.26. The van der Waals surface area contributed by atoms with Crippen molar-refractivity contribution in [3.05, 3.63) is 23.8 Å². The smallest absolute Gasteiger partial charge is 0.252 e. The molecule has 0 heterocycles. The van der Waals surface area contributed by atoms with E-state index in [0.717, 1.165) is 0 Å². The lowest BCUT2D eigenvalue weighted by molar-refractivity contribution is -0.122. The van der Waals surface area contributed by atoms with E-state index in [2.05, 4.69) is 10.6 Å². The summed E-state index contributed by atoms with van der Waals surface area (Å²) < 4.78 is 9.71. The maximum atomic E-state index is 12.0. The topological polar surface area (TPSA) is 96.9 Å². The monoisotopic (exact) mass is 296 g/mol. The number of hydrogen-bond donors (Lipinski definition) is 3. The summed E-state index contributed by atoms with van der Waals surface area (Å²) in [5, 5.41) is 14.8. The second kappa shape index (κ2) is 8.11. The van der Waals surface area contributed by atoms with Gasteiger partial charge in [0.2, 0.25) is 5.91 Å².